The molecule has 6 heteroatoms. The molecule has 1 aromatic heterocycles. The van der Waals surface area contributed by atoms with Crippen molar-refractivity contribution >= 4 is 21.7 Å². The van der Waals surface area contributed by atoms with E-state index in [0.717, 1.165) is 12.1 Å². The molecule has 0 saturated carbocycles. The van der Waals surface area contributed by atoms with Gasteiger partial charge >= 0.3 is 0 Å². The van der Waals surface area contributed by atoms with E-state index in [-0.39, 0.29) is 11.3 Å². The Hall–Kier alpha value is -1.53. The Labute approximate surface area is 131 Å². The van der Waals surface area contributed by atoms with Crippen LogP contribution in [-0.4, -0.2) is 41.1 Å². The summed E-state index contributed by atoms with van der Waals surface area (Å²) in [5.41, 5.74) is 1.22. The fourth-order valence-corrected chi connectivity index (χ4v) is 2.46. The number of hydrogen-bond donors (Lipinski definition) is 0. The van der Waals surface area contributed by atoms with E-state index in [2.05, 4.69) is 21.0 Å². The molecule has 0 saturated heterocycles. The molecule has 4 nitrogen and oxygen atoms in total. The van der Waals surface area contributed by atoms with E-state index in [9.17, 15) is 9.18 Å². The monoisotopic (exact) mass is 353 g/mol. The summed E-state index contributed by atoms with van der Waals surface area (Å²) in [5.74, 6) is -0.872. The van der Waals surface area contributed by atoms with Crippen LogP contribution in [0.4, 0.5) is 4.39 Å². The van der Waals surface area contributed by atoms with Crippen molar-refractivity contribution < 1.29 is 9.18 Å². The smallest absolute Gasteiger partial charge is 0.215 e. The molecule has 0 fully saturated rings. The Balaban J connectivity index is 2.36. The third-order valence-electron chi connectivity index (χ3n) is 3.14. The number of aryl methyl sites for hydroxylation is 1. The van der Waals surface area contributed by atoms with Gasteiger partial charge in [0.15, 0.2) is 0 Å². The highest BCUT2D eigenvalue weighted by Crippen LogP contribution is 2.22. The largest absolute Gasteiger partial charge is 0.308 e. The highest BCUT2D eigenvalue weighted by atomic mass is 79.9. The number of nitrogens with zero attached hydrogens (tertiary/aromatic N) is 3. The lowest BCUT2D eigenvalue weighted by atomic mass is 10.1. The van der Waals surface area contributed by atoms with Crippen LogP contribution in [0.3, 0.4) is 0 Å². The summed E-state index contributed by atoms with van der Waals surface area (Å²) in [7, 11) is 3.89. The maximum absolute atomic E-state index is 14.0. The minimum Gasteiger partial charge on any atom is -0.308 e. The maximum Gasteiger partial charge on any atom is 0.215 e. The predicted octanol–water partition coefficient (Wildman–Crippen LogP) is 2.89. The Kier molecular flexibility index (Phi) is 4.90. The Morgan fingerprint density at radius 2 is 2.14 bits per heavy atom. The van der Waals surface area contributed by atoms with E-state index in [4.69, 9.17) is 0 Å². The number of halogens is 2. The second-order valence-electron chi connectivity index (χ2n) is 5.18. The highest BCUT2D eigenvalue weighted by molar-refractivity contribution is 9.10. The average Bonchev–Trinajstić information content (AvgIpc) is 2.77. The number of rotatable bonds is 5. The summed E-state index contributed by atoms with van der Waals surface area (Å²) in [6.07, 6.45) is 1.56. The third kappa shape index (κ3) is 3.57. The number of benzene rings is 1. The van der Waals surface area contributed by atoms with E-state index in [1.807, 2.05) is 19.0 Å². The summed E-state index contributed by atoms with van der Waals surface area (Å²) in [5, 5.41) is 4.18. The minimum atomic E-state index is -0.507. The van der Waals surface area contributed by atoms with Gasteiger partial charge in [-0.2, -0.15) is 5.10 Å². The van der Waals surface area contributed by atoms with Crippen LogP contribution < -0.4 is 0 Å². The molecule has 112 valence electrons. The fraction of sp³-hybridized carbons (Fsp3) is 0.333. The number of carbonyl (C=O) groups excluding carboxylic acids is 1. The zero-order chi connectivity index (χ0) is 15.6. The molecule has 0 aliphatic rings. The molecular weight excluding hydrogens is 337 g/mol. The molecule has 2 rings (SSSR count). The van der Waals surface area contributed by atoms with Crippen molar-refractivity contribution in [1.82, 2.24) is 14.7 Å². The minimum absolute atomic E-state index is 0.0629. The average molecular weight is 354 g/mol. The topological polar surface area (TPSA) is 38.1 Å². The first-order valence-corrected chi connectivity index (χ1v) is 7.36. The second kappa shape index (κ2) is 6.49. The quantitative estimate of drug-likeness (QED) is 0.775. The number of aromatic nitrogens is 2. The van der Waals surface area contributed by atoms with Crippen LogP contribution in [0.5, 0.6) is 0 Å². The predicted molar refractivity (Wildman–Crippen MR) is 83.1 cm³/mol. The summed E-state index contributed by atoms with van der Waals surface area (Å²) >= 11 is 3.32. The summed E-state index contributed by atoms with van der Waals surface area (Å²) in [4.78, 5) is 14.6. The van der Waals surface area contributed by atoms with Gasteiger partial charge in [0.2, 0.25) is 5.78 Å². The van der Waals surface area contributed by atoms with Crippen molar-refractivity contribution in [1.29, 1.82) is 0 Å². The third-order valence-corrected chi connectivity index (χ3v) is 3.72. The molecule has 1 aromatic carbocycles. The first-order chi connectivity index (χ1) is 9.90. The molecule has 0 N–H and O–H groups in total. The first kappa shape index (κ1) is 15.9. The highest BCUT2D eigenvalue weighted by Gasteiger charge is 2.21. The molecule has 0 aliphatic heterocycles. The SMILES string of the molecule is Cc1ccc(C(=O)c2c(Br)cnn2CCN(C)C)c(F)c1. The van der Waals surface area contributed by atoms with Crippen molar-refractivity contribution in [3.8, 4) is 0 Å². The van der Waals surface area contributed by atoms with Gasteiger partial charge in [-0.25, -0.2) is 4.39 Å². The van der Waals surface area contributed by atoms with Gasteiger partial charge in [-0.1, -0.05) is 6.07 Å². The van der Waals surface area contributed by atoms with E-state index in [1.54, 1.807) is 23.9 Å². The van der Waals surface area contributed by atoms with E-state index >= 15 is 0 Å². The van der Waals surface area contributed by atoms with Crippen molar-refractivity contribution in [2.24, 2.45) is 0 Å². The van der Waals surface area contributed by atoms with Crippen LogP contribution in [0, 0.1) is 12.7 Å². The lowest BCUT2D eigenvalue weighted by molar-refractivity contribution is 0.102. The van der Waals surface area contributed by atoms with E-state index in [1.165, 1.54) is 12.1 Å². The summed E-state index contributed by atoms with van der Waals surface area (Å²) in [6, 6.07) is 4.61. The molecule has 0 bridgehead atoms. The van der Waals surface area contributed by atoms with Crippen LogP contribution in [-0.2, 0) is 6.54 Å². The van der Waals surface area contributed by atoms with Gasteiger partial charge in [0.25, 0.3) is 0 Å². The van der Waals surface area contributed by atoms with Crippen molar-refractivity contribution in [3.63, 3.8) is 0 Å². The second-order valence-corrected chi connectivity index (χ2v) is 6.03. The van der Waals surface area contributed by atoms with Gasteiger partial charge in [-0.05, 0) is 54.6 Å². The van der Waals surface area contributed by atoms with Crippen molar-refractivity contribution in [2.75, 3.05) is 20.6 Å². The lowest BCUT2D eigenvalue weighted by Crippen LogP contribution is -2.22. The maximum atomic E-state index is 14.0. The van der Waals surface area contributed by atoms with Gasteiger partial charge in [-0.15, -0.1) is 0 Å². The Morgan fingerprint density at radius 3 is 2.76 bits per heavy atom. The van der Waals surface area contributed by atoms with Gasteiger partial charge in [0, 0.05) is 6.54 Å². The van der Waals surface area contributed by atoms with Crippen LogP contribution in [0.1, 0.15) is 21.6 Å². The number of hydrogen-bond acceptors (Lipinski definition) is 3. The van der Waals surface area contributed by atoms with Crippen LogP contribution in [0.15, 0.2) is 28.9 Å². The lowest BCUT2D eigenvalue weighted by Gasteiger charge is -2.12. The molecule has 0 amide bonds. The van der Waals surface area contributed by atoms with Gasteiger partial charge in [0.1, 0.15) is 11.5 Å². The first-order valence-electron chi connectivity index (χ1n) is 6.57. The molecule has 21 heavy (non-hydrogen) atoms. The summed E-state index contributed by atoms with van der Waals surface area (Å²) < 4.78 is 16.2. The molecule has 0 unspecified atom stereocenters. The standard InChI is InChI=1S/C15H17BrFN3O/c1-10-4-5-11(13(17)8-10)15(21)14-12(16)9-18-20(14)7-6-19(2)3/h4-5,8-9H,6-7H2,1-3H3. The van der Waals surface area contributed by atoms with Crippen molar-refractivity contribution in [2.45, 2.75) is 13.5 Å². The van der Waals surface area contributed by atoms with Gasteiger partial charge in [-0.3, -0.25) is 9.48 Å². The van der Waals surface area contributed by atoms with Crippen molar-refractivity contribution in [3.05, 3.63) is 51.5 Å². The molecule has 2 aromatic rings. The Bertz CT molecular complexity index is 667. The number of likely N-dealkylation sites (N-methyl/N-ethyl adjacent to an activating group) is 1. The molecule has 0 spiro atoms. The van der Waals surface area contributed by atoms with Crippen LogP contribution >= 0.6 is 15.9 Å². The van der Waals surface area contributed by atoms with Crippen LogP contribution in [0.25, 0.3) is 0 Å². The zero-order valence-corrected chi connectivity index (χ0v) is 13.8. The number of ketones is 1. The summed E-state index contributed by atoms with van der Waals surface area (Å²) in [6.45, 7) is 3.09. The van der Waals surface area contributed by atoms with Gasteiger partial charge in [0.05, 0.1) is 22.8 Å². The fourth-order valence-electron chi connectivity index (χ4n) is 1.98. The molecule has 0 radical (unpaired) electrons. The van der Waals surface area contributed by atoms with Gasteiger partial charge < -0.3 is 4.90 Å². The molecule has 0 aliphatic carbocycles. The Morgan fingerprint density at radius 1 is 1.43 bits per heavy atom. The normalized spacial score (nSPS) is 11.1. The van der Waals surface area contributed by atoms with Crippen LogP contribution in [0.2, 0.25) is 0 Å². The zero-order valence-electron chi connectivity index (χ0n) is 12.2. The molecule has 0 atom stereocenters. The van der Waals surface area contributed by atoms with E-state index < -0.39 is 5.82 Å². The molecule has 1 heterocycles. The molecular formula is C15H17BrFN3O. The number of carbonyl (C=O) groups is 1. The van der Waals surface area contributed by atoms with E-state index in [0.29, 0.717) is 16.7 Å².